The second-order valence-electron chi connectivity index (χ2n) is 4.28. The molecule has 0 aliphatic heterocycles. The number of aromatic nitrogens is 1. The quantitative estimate of drug-likeness (QED) is 0.854. The van der Waals surface area contributed by atoms with Crippen molar-refractivity contribution in [3.8, 4) is 11.8 Å². The van der Waals surface area contributed by atoms with E-state index in [4.69, 9.17) is 21.6 Å². The molecule has 0 bridgehead atoms. The second kappa shape index (κ2) is 6.78. The van der Waals surface area contributed by atoms with Crippen LogP contribution in [0.1, 0.15) is 11.1 Å². The van der Waals surface area contributed by atoms with E-state index < -0.39 is 0 Å². The summed E-state index contributed by atoms with van der Waals surface area (Å²) >= 11 is 5.88. The van der Waals surface area contributed by atoms with Gasteiger partial charge in [-0.3, -0.25) is 0 Å². The molecule has 0 aliphatic carbocycles. The van der Waals surface area contributed by atoms with Crippen LogP contribution in [0, 0.1) is 18.3 Å². The van der Waals surface area contributed by atoms with E-state index in [1.54, 1.807) is 6.20 Å². The van der Waals surface area contributed by atoms with Crippen LogP contribution in [0.5, 0.6) is 5.75 Å². The number of nitrogens with one attached hydrogen (secondary N) is 1. The van der Waals surface area contributed by atoms with Crippen LogP contribution in [0.4, 0.5) is 5.69 Å². The van der Waals surface area contributed by atoms with Gasteiger partial charge in [0.05, 0.1) is 11.9 Å². The molecule has 0 aliphatic rings. The molecule has 1 heterocycles. The molecule has 0 fully saturated rings. The average Bonchev–Trinajstić information content (AvgIpc) is 2.47. The molecule has 0 saturated carbocycles. The summed E-state index contributed by atoms with van der Waals surface area (Å²) in [6.07, 6.45) is 1.71. The van der Waals surface area contributed by atoms with Crippen molar-refractivity contribution >= 4 is 17.3 Å². The summed E-state index contributed by atoms with van der Waals surface area (Å²) in [7, 11) is 0. The van der Waals surface area contributed by atoms with Gasteiger partial charge in [0.2, 0.25) is 0 Å². The Morgan fingerprint density at radius 3 is 2.75 bits per heavy atom. The van der Waals surface area contributed by atoms with Gasteiger partial charge >= 0.3 is 0 Å². The standard InChI is InChI=1S/C15H14ClN3O/c1-11-8-13(10-19-15(11)16)18-9-12-2-4-14(5-3-12)20-7-6-17/h2-5,8,10,18H,7,9H2,1H3. The maximum absolute atomic E-state index is 8.43. The largest absolute Gasteiger partial charge is 0.479 e. The van der Waals surface area contributed by atoms with Gasteiger partial charge in [-0.1, -0.05) is 23.7 Å². The van der Waals surface area contributed by atoms with E-state index in [-0.39, 0.29) is 6.61 Å². The highest BCUT2D eigenvalue weighted by Crippen LogP contribution is 2.17. The normalized spacial score (nSPS) is 9.85. The van der Waals surface area contributed by atoms with Crippen LogP contribution in [-0.2, 0) is 6.54 Å². The molecule has 1 aromatic heterocycles. The number of hydrogen-bond acceptors (Lipinski definition) is 4. The predicted molar refractivity (Wildman–Crippen MR) is 78.9 cm³/mol. The van der Waals surface area contributed by atoms with Gasteiger partial charge < -0.3 is 10.1 Å². The predicted octanol–water partition coefficient (Wildman–Crippen LogP) is 3.56. The molecule has 4 nitrogen and oxygen atoms in total. The molecule has 2 aromatic rings. The molecule has 0 radical (unpaired) electrons. The fourth-order valence-electron chi connectivity index (χ4n) is 1.68. The Morgan fingerprint density at radius 2 is 2.10 bits per heavy atom. The van der Waals surface area contributed by atoms with Crippen LogP contribution in [0.3, 0.4) is 0 Å². The number of halogens is 1. The molecule has 0 unspecified atom stereocenters. The van der Waals surface area contributed by atoms with Gasteiger partial charge in [0.1, 0.15) is 17.0 Å². The molecule has 0 spiro atoms. The van der Waals surface area contributed by atoms with E-state index in [1.165, 1.54) is 0 Å². The first-order valence-corrected chi connectivity index (χ1v) is 6.51. The topological polar surface area (TPSA) is 57.9 Å². The lowest BCUT2D eigenvalue weighted by atomic mass is 10.2. The number of nitrogens with zero attached hydrogens (tertiary/aromatic N) is 2. The van der Waals surface area contributed by atoms with E-state index >= 15 is 0 Å². The first-order valence-electron chi connectivity index (χ1n) is 6.14. The molecular formula is C15H14ClN3O. The van der Waals surface area contributed by atoms with Crippen LogP contribution < -0.4 is 10.1 Å². The van der Waals surface area contributed by atoms with Crippen LogP contribution in [0.25, 0.3) is 0 Å². The number of hydrogen-bond donors (Lipinski definition) is 1. The minimum atomic E-state index is 0.0628. The summed E-state index contributed by atoms with van der Waals surface area (Å²) in [6.45, 7) is 2.66. The number of anilines is 1. The molecule has 2 rings (SSSR count). The van der Waals surface area contributed by atoms with Crippen molar-refractivity contribution in [1.82, 2.24) is 4.98 Å². The summed E-state index contributed by atoms with van der Waals surface area (Å²) in [4.78, 5) is 4.09. The molecule has 5 heteroatoms. The Kier molecular flexibility index (Phi) is 4.80. The molecule has 1 aromatic carbocycles. The number of pyridine rings is 1. The van der Waals surface area contributed by atoms with Crippen molar-refractivity contribution in [2.24, 2.45) is 0 Å². The van der Waals surface area contributed by atoms with Crippen LogP contribution >= 0.6 is 11.6 Å². The van der Waals surface area contributed by atoms with Crippen molar-refractivity contribution in [1.29, 1.82) is 5.26 Å². The SMILES string of the molecule is Cc1cc(NCc2ccc(OCC#N)cc2)cnc1Cl. The Bertz CT molecular complexity index is 620. The number of ether oxygens (including phenoxy) is 1. The van der Waals surface area contributed by atoms with Gasteiger partial charge in [-0.2, -0.15) is 5.26 Å². The first-order chi connectivity index (χ1) is 9.69. The minimum absolute atomic E-state index is 0.0628. The van der Waals surface area contributed by atoms with Gasteiger partial charge in [-0.15, -0.1) is 0 Å². The summed E-state index contributed by atoms with van der Waals surface area (Å²) < 4.78 is 5.20. The Morgan fingerprint density at radius 1 is 1.35 bits per heavy atom. The average molecular weight is 288 g/mol. The van der Waals surface area contributed by atoms with Crippen LogP contribution in [0.15, 0.2) is 36.5 Å². The summed E-state index contributed by atoms with van der Waals surface area (Å²) in [6, 6.07) is 11.5. The Labute approximate surface area is 123 Å². The van der Waals surface area contributed by atoms with Crippen molar-refractivity contribution in [2.75, 3.05) is 11.9 Å². The zero-order valence-electron chi connectivity index (χ0n) is 11.1. The van der Waals surface area contributed by atoms with Crippen molar-refractivity contribution in [3.63, 3.8) is 0 Å². The Balaban J connectivity index is 1.93. The molecule has 102 valence electrons. The van der Waals surface area contributed by atoms with Gasteiger partial charge in [0.15, 0.2) is 6.61 Å². The molecule has 20 heavy (non-hydrogen) atoms. The highest BCUT2D eigenvalue weighted by molar-refractivity contribution is 6.30. The van der Waals surface area contributed by atoms with E-state index in [0.717, 1.165) is 16.8 Å². The molecule has 0 atom stereocenters. The van der Waals surface area contributed by atoms with Gasteiger partial charge in [-0.25, -0.2) is 4.98 Å². The summed E-state index contributed by atoms with van der Waals surface area (Å²) in [5.41, 5.74) is 2.98. The third kappa shape index (κ3) is 3.87. The van der Waals surface area contributed by atoms with E-state index in [2.05, 4.69) is 10.3 Å². The number of rotatable bonds is 5. The van der Waals surface area contributed by atoms with Gasteiger partial charge in [0, 0.05) is 6.54 Å². The zero-order valence-corrected chi connectivity index (χ0v) is 11.8. The maximum atomic E-state index is 8.43. The number of aryl methyl sites for hydroxylation is 1. The lowest BCUT2D eigenvalue weighted by Gasteiger charge is -2.08. The van der Waals surface area contributed by atoms with Gasteiger partial charge in [0.25, 0.3) is 0 Å². The monoisotopic (exact) mass is 287 g/mol. The lowest BCUT2D eigenvalue weighted by Crippen LogP contribution is -2.00. The number of nitriles is 1. The summed E-state index contributed by atoms with van der Waals surface area (Å²) in [5, 5.41) is 12.2. The summed E-state index contributed by atoms with van der Waals surface area (Å²) in [5.74, 6) is 0.694. The molecule has 0 amide bonds. The second-order valence-corrected chi connectivity index (χ2v) is 4.63. The third-order valence-electron chi connectivity index (χ3n) is 2.74. The highest BCUT2D eigenvalue weighted by Gasteiger charge is 2.00. The fraction of sp³-hybridized carbons (Fsp3) is 0.200. The smallest absolute Gasteiger partial charge is 0.174 e. The fourth-order valence-corrected chi connectivity index (χ4v) is 1.78. The van der Waals surface area contributed by atoms with Crippen molar-refractivity contribution < 1.29 is 4.74 Å². The molecule has 1 N–H and O–H groups in total. The number of benzene rings is 1. The van der Waals surface area contributed by atoms with Crippen molar-refractivity contribution in [2.45, 2.75) is 13.5 Å². The van der Waals surface area contributed by atoms with E-state index in [0.29, 0.717) is 17.4 Å². The Hall–Kier alpha value is -2.25. The first kappa shape index (κ1) is 14.2. The molecular weight excluding hydrogens is 274 g/mol. The van der Waals surface area contributed by atoms with E-state index in [1.807, 2.05) is 43.3 Å². The van der Waals surface area contributed by atoms with E-state index in [9.17, 15) is 0 Å². The zero-order chi connectivity index (χ0) is 14.4. The lowest BCUT2D eigenvalue weighted by molar-refractivity contribution is 0.368. The van der Waals surface area contributed by atoms with Gasteiger partial charge in [-0.05, 0) is 36.2 Å². The molecule has 0 saturated heterocycles. The van der Waals surface area contributed by atoms with Crippen molar-refractivity contribution in [3.05, 3.63) is 52.8 Å². The maximum Gasteiger partial charge on any atom is 0.174 e. The van der Waals surface area contributed by atoms with Crippen LogP contribution in [-0.4, -0.2) is 11.6 Å². The van der Waals surface area contributed by atoms with Crippen LogP contribution in [0.2, 0.25) is 5.15 Å². The highest BCUT2D eigenvalue weighted by atomic mass is 35.5. The third-order valence-corrected chi connectivity index (χ3v) is 3.13. The minimum Gasteiger partial charge on any atom is -0.479 e.